The summed E-state index contributed by atoms with van der Waals surface area (Å²) in [6.45, 7) is 2.93. The molecule has 0 aliphatic carbocycles. The number of rotatable bonds is 7. The molecule has 0 bridgehead atoms. The SMILES string of the molecule is CCCN(CCO)C(=O)[C@@H](N)Cc1c[nH]c2ccccc12. The van der Waals surface area contributed by atoms with Crippen LogP contribution in [-0.4, -0.2) is 46.6 Å². The second-order valence-electron chi connectivity index (χ2n) is 5.22. The van der Waals surface area contributed by atoms with Crippen LogP contribution in [0, 0.1) is 0 Å². The number of para-hydroxylation sites is 1. The van der Waals surface area contributed by atoms with Gasteiger partial charge in [0.2, 0.25) is 5.91 Å². The number of aliphatic hydroxyl groups excluding tert-OH is 1. The Morgan fingerprint density at radius 2 is 2.14 bits per heavy atom. The van der Waals surface area contributed by atoms with E-state index in [2.05, 4.69) is 4.98 Å². The van der Waals surface area contributed by atoms with Crippen molar-refractivity contribution in [3.05, 3.63) is 36.0 Å². The van der Waals surface area contributed by atoms with Gasteiger partial charge in [0.15, 0.2) is 0 Å². The van der Waals surface area contributed by atoms with Crippen molar-refractivity contribution in [3.63, 3.8) is 0 Å². The van der Waals surface area contributed by atoms with Gasteiger partial charge >= 0.3 is 0 Å². The largest absolute Gasteiger partial charge is 0.395 e. The molecule has 1 aromatic heterocycles. The number of nitrogens with two attached hydrogens (primary N) is 1. The molecule has 2 rings (SSSR count). The molecular formula is C16H23N3O2. The zero-order chi connectivity index (χ0) is 15.2. The molecule has 5 heteroatoms. The molecule has 0 radical (unpaired) electrons. The van der Waals surface area contributed by atoms with Gasteiger partial charge in [0.25, 0.3) is 0 Å². The van der Waals surface area contributed by atoms with Gasteiger partial charge in [-0.2, -0.15) is 0 Å². The van der Waals surface area contributed by atoms with Crippen LogP contribution in [0.5, 0.6) is 0 Å². The van der Waals surface area contributed by atoms with Gasteiger partial charge in [-0.05, 0) is 24.5 Å². The summed E-state index contributed by atoms with van der Waals surface area (Å²) in [4.78, 5) is 17.2. The number of H-pyrrole nitrogens is 1. The number of aromatic amines is 1. The van der Waals surface area contributed by atoms with E-state index in [-0.39, 0.29) is 12.5 Å². The van der Waals surface area contributed by atoms with Crippen molar-refractivity contribution >= 4 is 16.8 Å². The Hall–Kier alpha value is -1.85. The first kappa shape index (κ1) is 15.5. The van der Waals surface area contributed by atoms with Crippen molar-refractivity contribution in [2.45, 2.75) is 25.8 Å². The topological polar surface area (TPSA) is 82.3 Å². The average molecular weight is 289 g/mol. The van der Waals surface area contributed by atoms with Crippen molar-refractivity contribution in [1.82, 2.24) is 9.88 Å². The van der Waals surface area contributed by atoms with E-state index in [9.17, 15) is 4.79 Å². The maximum absolute atomic E-state index is 12.4. The summed E-state index contributed by atoms with van der Waals surface area (Å²) in [5.74, 6) is -0.101. The minimum absolute atomic E-state index is 0.0362. The first-order valence-electron chi connectivity index (χ1n) is 7.37. The van der Waals surface area contributed by atoms with Gasteiger partial charge in [0.1, 0.15) is 0 Å². The van der Waals surface area contributed by atoms with Crippen LogP contribution in [-0.2, 0) is 11.2 Å². The Bertz CT molecular complexity index is 588. The van der Waals surface area contributed by atoms with Crippen LogP contribution in [0.1, 0.15) is 18.9 Å². The summed E-state index contributed by atoms with van der Waals surface area (Å²) in [6.07, 6.45) is 3.26. The summed E-state index contributed by atoms with van der Waals surface area (Å²) in [5, 5.41) is 10.2. The lowest BCUT2D eigenvalue weighted by Gasteiger charge is -2.24. The van der Waals surface area contributed by atoms with Crippen LogP contribution in [0.4, 0.5) is 0 Å². The summed E-state index contributed by atoms with van der Waals surface area (Å²) in [7, 11) is 0. The molecular weight excluding hydrogens is 266 g/mol. The van der Waals surface area contributed by atoms with Gasteiger partial charge < -0.3 is 20.7 Å². The number of aromatic nitrogens is 1. The smallest absolute Gasteiger partial charge is 0.239 e. The zero-order valence-electron chi connectivity index (χ0n) is 12.4. The Morgan fingerprint density at radius 1 is 1.38 bits per heavy atom. The fraction of sp³-hybridized carbons (Fsp3) is 0.438. The van der Waals surface area contributed by atoms with E-state index in [0.717, 1.165) is 22.9 Å². The van der Waals surface area contributed by atoms with Crippen molar-refractivity contribution in [2.75, 3.05) is 19.7 Å². The fourth-order valence-corrected chi connectivity index (χ4v) is 2.58. The number of carbonyl (C=O) groups is 1. The van der Waals surface area contributed by atoms with Crippen LogP contribution >= 0.6 is 0 Å². The molecule has 0 saturated heterocycles. The molecule has 1 amide bonds. The number of nitrogens with one attached hydrogen (secondary N) is 1. The molecule has 114 valence electrons. The summed E-state index contributed by atoms with van der Waals surface area (Å²) >= 11 is 0. The monoisotopic (exact) mass is 289 g/mol. The van der Waals surface area contributed by atoms with Gasteiger partial charge in [0, 0.05) is 30.2 Å². The predicted octanol–water partition coefficient (Wildman–Crippen LogP) is 1.27. The minimum atomic E-state index is -0.581. The fourth-order valence-electron chi connectivity index (χ4n) is 2.58. The molecule has 1 atom stereocenters. The molecule has 2 aromatic rings. The number of amides is 1. The van der Waals surface area contributed by atoms with E-state index in [1.54, 1.807) is 4.90 Å². The minimum Gasteiger partial charge on any atom is -0.395 e. The van der Waals surface area contributed by atoms with E-state index in [0.29, 0.717) is 19.5 Å². The standard InChI is InChI=1S/C16H23N3O2/c1-2-7-19(8-9-20)16(21)14(17)10-12-11-18-15-6-4-3-5-13(12)15/h3-6,11,14,18,20H,2,7-10,17H2,1H3/t14-/m0/s1. The lowest BCUT2D eigenvalue weighted by atomic mass is 10.0. The second kappa shape index (κ2) is 7.24. The van der Waals surface area contributed by atoms with E-state index in [1.807, 2.05) is 37.4 Å². The Balaban J connectivity index is 2.09. The molecule has 0 unspecified atom stereocenters. The highest BCUT2D eigenvalue weighted by atomic mass is 16.3. The summed E-state index contributed by atoms with van der Waals surface area (Å²) in [5.41, 5.74) is 8.17. The highest BCUT2D eigenvalue weighted by molar-refractivity contribution is 5.86. The maximum Gasteiger partial charge on any atom is 0.239 e. The lowest BCUT2D eigenvalue weighted by Crippen LogP contribution is -2.46. The molecule has 1 heterocycles. The lowest BCUT2D eigenvalue weighted by molar-refractivity contribution is -0.133. The molecule has 0 saturated carbocycles. The third-order valence-corrected chi connectivity index (χ3v) is 3.61. The van der Waals surface area contributed by atoms with Crippen molar-refractivity contribution in [2.24, 2.45) is 5.73 Å². The number of fused-ring (bicyclic) bond motifs is 1. The maximum atomic E-state index is 12.4. The molecule has 4 N–H and O–H groups in total. The van der Waals surface area contributed by atoms with E-state index in [4.69, 9.17) is 10.8 Å². The predicted molar refractivity (Wildman–Crippen MR) is 83.9 cm³/mol. The third kappa shape index (κ3) is 3.62. The summed E-state index contributed by atoms with van der Waals surface area (Å²) < 4.78 is 0. The van der Waals surface area contributed by atoms with Gasteiger partial charge in [-0.25, -0.2) is 0 Å². The number of carbonyl (C=O) groups excluding carboxylic acids is 1. The number of hydrogen-bond acceptors (Lipinski definition) is 3. The van der Waals surface area contributed by atoms with E-state index < -0.39 is 6.04 Å². The highest BCUT2D eigenvalue weighted by Crippen LogP contribution is 2.19. The van der Waals surface area contributed by atoms with E-state index in [1.165, 1.54) is 0 Å². The van der Waals surface area contributed by atoms with Crippen LogP contribution in [0.3, 0.4) is 0 Å². The Labute approximate surface area is 124 Å². The van der Waals surface area contributed by atoms with Crippen molar-refractivity contribution < 1.29 is 9.90 Å². The van der Waals surface area contributed by atoms with Crippen LogP contribution in [0.25, 0.3) is 10.9 Å². The first-order valence-corrected chi connectivity index (χ1v) is 7.37. The molecule has 5 nitrogen and oxygen atoms in total. The number of hydrogen-bond donors (Lipinski definition) is 3. The van der Waals surface area contributed by atoms with Crippen molar-refractivity contribution in [1.29, 1.82) is 0 Å². The zero-order valence-corrected chi connectivity index (χ0v) is 12.4. The van der Waals surface area contributed by atoms with Gasteiger partial charge in [-0.1, -0.05) is 25.1 Å². The molecule has 0 fully saturated rings. The Kier molecular flexibility index (Phi) is 5.36. The molecule has 21 heavy (non-hydrogen) atoms. The summed E-state index contributed by atoms with van der Waals surface area (Å²) in [6, 6.07) is 7.39. The van der Waals surface area contributed by atoms with Gasteiger partial charge in [-0.3, -0.25) is 4.79 Å². The molecule has 0 aliphatic rings. The number of aliphatic hydroxyl groups is 1. The quantitative estimate of drug-likeness (QED) is 0.718. The van der Waals surface area contributed by atoms with Gasteiger partial charge in [-0.15, -0.1) is 0 Å². The molecule has 0 aliphatic heterocycles. The Morgan fingerprint density at radius 3 is 2.86 bits per heavy atom. The van der Waals surface area contributed by atoms with Gasteiger partial charge in [0.05, 0.1) is 12.6 Å². The normalized spacial score (nSPS) is 12.5. The number of nitrogens with zero attached hydrogens (tertiary/aromatic N) is 1. The van der Waals surface area contributed by atoms with E-state index >= 15 is 0 Å². The third-order valence-electron chi connectivity index (χ3n) is 3.61. The highest BCUT2D eigenvalue weighted by Gasteiger charge is 2.21. The van der Waals surface area contributed by atoms with Crippen molar-refractivity contribution in [3.8, 4) is 0 Å². The average Bonchev–Trinajstić information content (AvgIpc) is 2.89. The van der Waals surface area contributed by atoms with Crippen LogP contribution in [0.15, 0.2) is 30.5 Å². The molecule has 1 aromatic carbocycles. The van der Waals surface area contributed by atoms with Crippen LogP contribution in [0.2, 0.25) is 0 Å². The second-order valence-corrected chi connectivity index (χ2v) is 5.22. The molecule has 0 spiro atoms. The first-order chi connectivity index (χ1) is 10.2. The van der Waals surface area contributed by atoms with Crippen LogP contribution < -0.4 is 5.73 Å². The number of benzene rings is 1.